The number of hydrogen-bond acceptors (Lipinski definition) is 5. The van der Waals surface area contributed by atoms with Crippen molar-refractivity contribution in [2.75, 3.05) is 5.32 Å². The number of amides is 1. The lowest BCUT2D eigenvalue weighted by atomic mass is 9.93. The summed E-state index contributed by atoms with van der Waals surface area (Å²) >= 11 is 0. The van der Waals surface area contributed by atoms with Crippen molar-refractivity contribution in [3.63, 3.8) is 0 Å². The monoisotopic (exact) mass is 351 g/mol. The molecule has 134 valence electrons. The third kappa shape index (κ3) is 3.25. The van der Waals surface area contributed by atoms with Crippen LogP contribution in [0, 0.1) is 0 Å². The first-order valence-corrected chi connectivity index (χ1v) is 8.81. The molecule has 0 aliphatic heterocycles. The van der Waals surface area contributed by atoms with Gasteiger partial charge in [-0.3, -0.25) is 4.79 Å². The van der Waals surface area contributed by atoms with Crippen molar-refractivity contribution in [1.82, 2.24) is 15.0 Å². The molecular weight excluding hydrogens is 330 g/mol. The highest BCUT2D eigenvalue weighted by atomic mass is 16.3. The van der Waals surface area contributed by atoms with E-state index >= 15 is 0 Å². The number of H-pyrrole nitrogens is 1. The van der Waals surface area contributed by atoms with Crippen LogP contribution in [0.4, 0.5) is 5.82 Å². The molecule has 3 aromatic rings. The van der Waals surface area contributed by atoms with Gasteiger partial charge in [0, 0.05) is 11.6 Å². The van der Waals surface area contributed by atoms with E-state index in [1.54, 1.807) is 6.07 Å². The molecule has 0 radical (unpaired) electrons. The van der Waals surface area contributed by atoms with E-state index < -0.39 is 5.91 Å². The largest absolute Gasteiger partial charge is 0.393 e. The van der Waals surface area contributed by atoms with Gasteiger partial charge in [0.05, 0.1) is 11.5 Å². The first-order valence-electron chi connectivity index (χ1n) is 8.81. The first-order chi connectivity index (χ1) is 12.6. The number of nitrogens with zero attached hydrogens (tertiary/aromatic N) is 2. The molecule has 1 aromatic carbocycles. The summed E-state index contributed by atoms with van der Waals surface area (Å²) in [5.74, 6) is 0.726. The number of hydrogen-bond donors (Lipinski definition) is 4. The number of carbonyl (C=O) groups excluding carboxylic acids is 1. The topological polar surface area (TPSA) is 117 Å². The highest BCUT2D eigenvalue weighted by Crippen LogP contribution is 2.28. The maximum Gasteiger partial charge on any atom is 0.265 e. The maximum absolute atomic E-state index is 11.6. The zero-order valence-electron chi connectivity index (χ0n) is 14.3. The molecule has 1 aliphatic rings. The molecule has 0 bridgehead atoms. The maximum atomic E-state index is 11.6. The van der Waals surface area contributed by atoms with Crippen molar-refractivity contribution in [2.24, 2.45) is 5.73 Å². The van der Waals surface area contributed by atoms with Crippen LogP contribution in [-0.4, -0.2) is 38.1 Å². The fourth-order valence-corrected chi connectivity index (χ4v) is 3.38. The predicted octanol–water partition coefficient (Wildman–Crippen LogP) is 2.44. The van der Waals surface area contributed by atoms with Crippen molar-refractivity contribution in [1.29, 1.82) is 0 Å². The summed E-state index contributed by atoms with van der Waals surface area (Å²) in [4.78, 5) is 23.8. The summed E-state index contributed by atoms with van der Waals surface area (Å²) in [7, 11) is 0. The van der Waals surface area contributed by atoms with Gasteiger partial charge in [-0.25, -0.2) is 9.97 Å². The van der Waals surface area contributed by atoms with Gasteiger partial charge in [0.25, 0.3) is 5.91 Å². The Morgan fingerprint density at radius 3 is 2.58 bits per heavy atom. The third-order valence-corrected chi connectivity index (χ3v) is 4.82. The Labute approximate surface area is 150 Å². The van der Waals surface area contributed by atoms with E-state index in [-0.39, 0.29) is 12.1 Å². The van der Waals surface area contributed by atoms with E-state index in [0.717, 1.165) is 36.6 Å². The number of nitrogens with one attached hydrogen (secondary N) is 2. The molecule has 2 aromatic heterocycles. The van der Waals surface area contributed by atoms with Gasteiger partial charge in [-0.2, -0.15) is 0 Å². The molecule has 0 saturated heterocycles. The van der Waals surface area contributed by atoms with Gasteiger partial charge < -0.3 is 21.1 Å². The summed E-state index contributed by atoms with van der Waals surface area (Å²) in [6.07, 6.45) is 3.09. The van der Waals surface area contributed by atoms with Gasteiger partial charge in [-0.1, -0.05) is 30.3 Å². The number of rotatable bonds is 4. The van der Waals surface area contributed by atoms with Crippen LogP contribution in [0.1, 0.15) is 36.2 Å². The molecular formula is C19H21N5O2. The van der Waals surface area contributed by atoms with Crippen LogP contribution in [-0.2, 0) is 0 Å². The number of carbonyl (C=O) groups is 1. The SMILES string of the molecule is NC(=O)c1cc2c(NC3CCC(O)CC3)nc(-c3ccccc3)nc2[nH]1. The second-order valence-electron chi connectivity index (χ2n) is 6.72. The molecule has 4 rings (SSSR count). The average molecular weight is 351 g/mol. The lowest BCUT2D eigenvalue weighted by Crippen LogP contribution is -2.28. The predicted molar refractivity (Wildman–Crippen MR) is 99.7 cm³/mol. The molecule has 7 nitrogen and oxygen atoms in total. The molecule has 5 N–H and O–H groups in total. The van der Waals surface area contributed by atoms with Crippen molar-refractivity contribution >= 4 is 22.8 Å². The number of aromatic amines is 1. The number of aromatic nitrogens is 3. The van der Waals surface area contributed by atoms with Gasteiger partial charge in [-0.05, 0) is 31.7 Å². The van der Waals surface area contributed by atoms with Crippen LogP contribution in [0.25, 0.3) is 22.4 Å². The molecule has 1 saturated carbocycles. The van der Waals surface area contributed by atoms with Crippen molar-refractivity contribution < 1.29 is 9.90 Å². The highest BCUT2D eigenvalue weighted by Gasteiger charge is 2.22. The molecule has 7 heteroatoms. The molecule has 0 atom stereocenters. The third-order valence-electron chi connectivity index (χ3n) is 4.82. The summed E-state index contributed by atoms with van der Waals surface area (Å²) in [5, 5.41) is 13.9. The smallest absolute Gasteiger partial charge is 0.265 e. The summed E-state index contributed by atoms with van der Waals surface area (Å²) < 4.78 is 0. The Bertz CT molecular complexity index is 930. The van der Waals surface area contributed by atoms with E-state index in [9.17, 15) is 9.90 Å². The zero-order valence-corrected chi connectivity index (χ0v) is 14.3. The van der Waals surface area contributed by atoms with E-state index in [1.165, 1.54) is 0 Å². The molecule has 1 fully saturated rings. The minimum absolute atomic E-state index is 0.216. The van der Waals surface area contributed by atoms with Crippen LogP contribution in [0.5, 0.6) is 0 Å². The van der Waals surface area contributed by atoms with E-state index in [2.05, 4.69) is 15.3 Å². The lowest BCUT2D eigenvalue weighted by molar-refractivity contribution is 0.0996. The zero-order chi connectivity index (χ0) is 18.1. The van der Waals surface area contributed by atoms with Gasteiger partial charge in [0.1, 0.15) is 17.2 Å². The van der Waals surface area contributed by atoms with Gasteiger partial charge in [0.2, 0.25) is 0 Å². The van der Waals surface area contributed by atoms with E-state index in [0.29, 0.717) is 23.0 Å². The van der Waals surface area contributed by atoms with Crippen LogP contribution in [0.2, 0.25) is 0 Å². The Balaban J connectivity index is 1.76. The van der Waals surface area contributed by atoms with Gasteiger partial charge in [0.15, 0.2) is 5.82 Å². The number of aliphatic hydroxyl groups is 1. The lowest BCUT2D eigenvalue weighted by Gasteiger charge is -2.26. The molecule has 1 amide bonds. The number of nitrogens with two attached hydrogens (primary N) is 1. The number of primary amides is 1. The quantitative estimate of drug-likeness (QED) is 0.576. The normalized spacial score (nSPS) is 20.2. The second-order valence-corrected chi connectivity index (χ2v) is 6.72. The number of aliphatic hydroxyl groups excluding tert-OH is 1. The van der Waals surface area contributed by atoms with Crippen LogP contribution in [0.15, 0.2) is 36.4 Å². The van der Waals surface area contributed by atoms with Crippen molar-refractivity contribution in [3.8, 4) is 11.4 Å². The number of benzene rings is 1. The standard InChI is InChI=1S/C19H21N5O2/c20-16(26)15-10-14-18(21-12-6-8-13(25)9-7-12)23-17(24-19(14)22-15)11-4-2-1-3-5-11/h1-5,10,12-13,25H,6-9H2,(H2,20,26)(H2,21,22,23,24). The molecule has 1 aliphatic carbocycles. The van der Waals surface area contributed by atoms with Crippen LogP contribution in [0.3, 0.4) is 0 Å². The Morgan fingerprint density at radius 2 is 1.88 bits per heavy atom. The number of fused-ring (bicyclic) bond motifs is 1. The minimum Gasteiger partial charge on any atom is -0.393 e. The Kier molecular flexibility index (Phi) is 4.30. The second kappa shape index (κ2) is 6.76. The molecule has 0 unspecified atom stereocenters. The first kappa shape index (κ1) is 16.5. The Hall–Kier alpha value is -2.93. The van der Waals surface area contributed by atoms with Crippen molar-refractivity contribution in [3.05, 3.63) is 42.1 Å². The summed E-state index contributed by atoms with van der Waals surface area (Å²) in [6.45, 7) is 0. The Morgan fingerprint density at radius 1 is 1.15 bits per heavy atom. The van der Waals surface area contributed by atoms with Gasteiger partial charge in [-0.15, -0.1) is 0 Å². The van der Waals surface area contributed by atoms with Gasteiger partial charge >= 0.3 is 0 Å². The summed E-state index contributed by atoms with van der Waals surface area (Å²) in [6, 6.07) is 11.6. The highest BCUT2D eigenvalue weighted by molar-refractivity contribution is 5.99. The number of anilines is 1. The van der Waals surface area contributed by atoms with E-state index in [1.807, 2.05) is 30.3 Å². The summed E-state index contributed by atoms with van der Waals surface area (Å²) in [5.41, 5.74) is 7.19. The van der Waals surface area contributed by atoms with E-state index in [4.69, 9.17) is 10.7 Å². The van der Waals surface area contributed by atoms with Crippen molar-refractivity contribution in [2.45, 2.75) is 37.8 Å². The fraction of sp³-hybridized carbons (Fsp3) is 0.316. The minimum atomic E-state index is -0.531. The molecule has 0 spiro atoms. The average Bonchev–Trinajstić information content (AvgIpc) is 3.09. The van der Waals surface area contributed by atoms with Crippen LogP contribution >= 0.6 is 0 Å². The van der Waals surface area contributed by atoms with Crippen LogP contribution < -0.4 is 11.1 Å². The molecule has 2 heterocycles. The molecule has 26 heavy (non-hydrogen) atoms. The fourth-order valence-electron chi connectivity index (χ4n) is 3.38.